The summed E-state index contributed by atoms with van der Waals surface area (Å²) in [4.78, 5) is 11.6. The molecule has 0 saturated carbocycles. The van der Waals surface area contributed by atoms with E-state index in [9.17, 15) is 4.79 Å². The zero-order valence-electron chi connectivity index (χ0n) is 12.1. The molecule has 2 aromatic rings. The van der Waals surface area contributed by atoms with Gasteiger partial charge in [-0.3, -0.25) is 9.48 Å². The topological polar surface area (TPSA) is 44.1 Å². The van der Waals surface area contributed by atoms with Gasteiger partial charge in [0, 0.05) is 11.6 Å². The molecule has 0 unspecified atom stereocenters. The lowest BCUT2D eigenvalue weighted by Crippen LogP contribution is -2.08. The van der Waals surface area contributed by atoms with Crippen molar-refractivity contribution >= 4 is 29.0 Å². The summed E-state index contributed by atoms with van der Waals surface area (Å²) in [5, 5.41) is 5.42. The normalized spacial score (nSPS) is 10.7. The van der Waals surface area contributed by atoms with Crippen LogP contribution in [-0.2, 0) is 13.2 Å². The van der Waals surface area contributed by atoms with Crippen molar-refractivity contribution in [2.75, 3.05) is 0 Å². The van der Waals surface area contributed by atoms with Gasteiger partial charge in [0.1, 0.15) is 12.4 Å². The maximum Gasteiger partial charge on any atom is 0.163 e. The first kappa shape index (κ1) is 15.9. The molecule has 0 N–H and O–H groups in total. The van der Waals surface area contributed by atoms with Gasteiger partial charge in [-0.15, -0.1) is 0 Å². The van der Waals surface area contributed by atoms with Crippen LogP contribution in [0.4, 0.5) is 0 Å². The number of nitrogens with zero attached hydrogens (tertiary/aromatic N) is 2. The van der Waals surface area contributed by atoms with Crippen LogP contribution in [-0.4, -0.2) is 15.6 Å². The van der Waals surface area contributed by atoms with Gasteiger partial charge in [-0.05, 0) is 39.0 Å². The van der Waals surface area contributed by atoms with Crippen molar-refractivity contribution in [1.82, 2.24) is 9.78 Å². The van der Waals surface area contributed by atoms with Crippen LogP contribution in [0.25, 0.3) is 0 Å². The molecule has 0 aliphatic carbocycles. The van der Waals surface area contributed by atoms with Crippen LogP contribution in [0.15, 0.2) is 18.2 Å². The largest absolute Gasteiger partial charge is 0.486 e. The highest BCUT2D eigenvalue weighted by atomic mass is 35.5. The monoisotopic (exact) mass is 326 g/mol. The van der Waals surface area contributed by atoms with E-state index in [0.717, 1.165) is 11.4 Å². The Bertz CT molecular complexity index is 681. The molecular formula is C15H16Cl2N2O2. The first-order chi connectivity index (χ1) is 9.93. The zero-order valence-corrected chi connectivity index (χ0v) is 13.6. The minimum Gasteiger partial charge on any atom is -0.486 e. The third-order valence-electron chi connectivity index (χ3n) is 3.14. The molecule has 1 aromatic heterocycles. The lowest BCUT2D eigenvalue weighted by atomic mass is 10.1. The number of aryl methyl sites for hydroxylation is 2. The second-order valence-corrected chi connectivity index (χ2v) is 5.46. The van der Waals surface area contributed by atoms with Crippen molar-refractivity contribution in [2.45, 2.75) is 33.9 Å². The maximum atomic E-state index is 11.6. The summed E-state index contributed by atoms with van der Waals surface area (Å²) < 4.78 is 7.54. The van der Waals surface area contributed by atoms with E-state index >= 15 is 0 Å². The lowest BCUT2D eigenvalue weighted by molar-refractivity contribution is 0.101. The molecule has 0 saturated heterocycles. The number of Topliss-reactive ketones (excluding diaryl/α,β-unsaturated/α-hetero) is 1. The highest BCUT2D eigenvalue weighted by Crippen LogP contribution is 2.26. The number of carbonyl (C=O) groups excluding carboxylic acids is 1. The van der Waals surface area contributed by atoms with Crippen molar-refractivity contribution in [3.8, 4) is 5.75 Å². The fourth-order valence-electron chi connectivity index (χ4n) is 2.06. The van der Waals surface area contributed by atoms with Gasteiger partial charge in [-0.25, -0.2) is 0 Å². The molecule has 0 amide bonds. The Labute approximate surface area is 133 Å². The van der Waals surface area contributed by atoms with Crippen LogP contribution in [0, 0.1) is 6.92 Å². The highest BCUT2D eigenvalue weighted by Gasteiger charge is 2.15. The SMILES string of the molecule is CCn1nc(C)c(Cl)c1COc1ccc(Cl)cc1C(C)=O. The molecular weight excluding hydrogens is 311 g/mol. The molecule has 21 heavy (non-hydrogen) atoms. The van der Waals surface area contributed by atoms with E-state index in [-0.39, 0.29) is 12.4 Å². The van der Waals surface area contributed by atoms with Crippen molar-refractivity contribution < 1.29 is 9.53 Å². The van der Waals surface area contributed by atoms with E-state index in [2.05, 4.69) is 5.10 Å². The summed E-state index contributed by atoms with van der Waals surface area (Å²) in [5.41, 5.74) is 2.01. The number of benzene rings is 1. The molecule has 0 atom stereocenters. The number of ketones is 1. The van der Waals surface area contributed by atoms with E-state index in [1.165, 1.54) is 6.92 Å². The molecule has 0 aliphatic heterocycles. The highest BCUT2D eigenvalue weighted by molar-refractivity contribution is 6.32. The molecule has 1 heterocycles. The summed E-state index contributed by atoms with van der Waals surface area (Å²) in [7, 11) is 0. The van der Waals surface area contributed by atoms with Gasteiger partial charge in [0.05, 0.1) is 22.0 Å². The van der Waals surface area contributed by atoms with Crippen molar-refractivity contribution in [1.29, 1.82) is 0 Å². The second-order valence-electron chi connectivity index (χ2n) is 4.65. The Hall–Kier alpha value is -1.52. The first-order valence-electron chi connectivity index (χ1n) is 6.59. The summed E-state index contributed by atoms with van der Waals surface area (Å²) >= 11 is 12.1. The fraction of sp³-hybridized carbons (Fsp3) is 0.333. The third-order valence-corrected chi connectivity index (χ3v) is 3.86. The van der Waals surface area contributed by atoms with E-state index < -0.39 is 0 Å². The van der Waals surface area contributed by atoms with Crippen molar-refractivity contribution in [2.24, 2.45) is 0 Å². The Morgan fingerprint density at radius 2 is 2.10 bits per heavy atom. The molecule has 112 valence electrons. The van der Waals surface area contributed by atoms with Gasteiger partial charge in [0.15, 0.2) is 5.78 Å². The number of rotatable bonds is 5. The van der Waals surface area contributed by atoms with Crippen LogP contribution in [0.3, 0.4) is 0 Å². The van der Waals surface area contributed by atoms with Gasteiger partial charge in [0.25, 0.3) is 0 Å². The Morgan fingerprint density at radius 1 is 1.38 bits per heavy atom. The Balaban J connectivity index is 2.27. The van der Waals surface area contributed by atoms with Crippen LogP contribution >= 0.6 is 23.2 Å². The molecule has 0 bridgehead atoms. The lowest BCUT2D eigenvalue weighted by Gasteiger charge is -2.11. The summed E-state index contributed by atoms with van der Waals surface area (Å²) in [6.45, 7) is 6.25. The number of hydrogen-bond donors (Lipinski definition) is 0. The molecule has 2 rings (SSSR count). The number of ether oxygens (including phenoxy) is 1. The number of carbonyl (C=O) groups is 1. The smallest absolute Gasteiger partial charge is 0.163 e. The minimum atomic E-state index is -0.0984. The van der Waals surface area contributed by atoms with Crippen LogP contribution in [0.2, 0.25) is 10.0 Å². The van der Waals surface area contributed by atoms with Crippen molar-refractivity contribution in [3.05, 3.63) is 45.2 Å². The van der Waals surface area contributed by atoms with E-state index in [4.69, 9.17) is 27.9 Å². The Morgan fingerprint density at radius 3 is 2.71 bits per heavy atom. The first-order valence-corrected chi connectivity index (χ1v) is 7.34. The van der Waals surface area contributed by atoms with Crippen LogP contribution in [0.1, 0.15) is 35.6 Å². The summed E-state index contributed by atoms with van der Waals surface area (Å²) in [6, 6.07) is 4.98. The predicted octanol–water partition coefficient (Wildman–Crippen LogP) is 4.30. The Kier molecular flexibility index (Phi) is 4.91. The summed E-state index contributed by atoms with van der Waals surface area (Å²) in [6.07, 6.45) is 0. The van der Waals surface area contributed by atoms with Gasteiger partial charge in [-0.2, -0.15) is 5.10 Å². The number of aromatic nitrogens is 2. The fourth-order valence-corrected chi connectivity index (χ4v) is 2.42. The van der Waals surface area contributed by atoms with E-state index in [1.807, 2.05) is 13.8 Å². The molecule has 1 aromatic carbocycles. The van der Waals surface area contributed by atoms with Crippen molar-refractivity contribution in [3.63, 3.8) is 0 Å². The molecule has 0 spiro atoms. The molecule has 0 aliphatic rings. The second kappa shape index (κ2) is 6.50. The minimum absolute atomic E-state index is 0.0984. The molecule has 0 radical (unpaired) electrons. The van der Waals surface area contributed by atoms with Crippen LogP contribution < -0.4 is 4.74 Å². The van der Waals surface area contributed by atoms with Gasteiger partial charge in [-0.1, -0.05) is 23.2 Å². The standard InChI is InChI=1S/C15H16Cl2N2O2/c1-4-19-13(15(17)9(2)18-19)8-21-14-6-5-11(16)7-12(14)10(3)20/h5-7H,4,8H2,1-3H3. The quantitative estimate of drug-likeness (QED) is 0.769. The molecule has 0 fully saturated rings. The van der Waals surface area contributed by atoms with Gasteiger partial charge >= 0.3 is 0 Å². The van der Waals surface area contributed by atoms with Gasteiger partial charge < -0.3 is 4.74 Å². The molecule has 6 heteroatoms. The van der Waals surface area contributed by atoms with E-state index in [0.29, 0.717) is 27.9 Å². The third kappa shape index (κ3) is 3.39. The van der Waals surface area contributed by atoms with Gasteiger partial charge in [0.2, 0.25) is 0 Å². The predicted molar refractivity (Wildman–Crippen MR) is 83.4 cm³/mol. The maximum absolute atomic E-state index is 11.6. The number of hydrogen-bond acceptors (Lipinski definition) is 3. The zero-order chi connectivity index (χ0) is 15.6. The number of halogens is 2. The molecule has 4 nitrogen and oxygen atoms in total. The average molecular weight is 327 g/mol. The average Bonchev–Trinajstić information content (AvgIpc) is 2.72. The summed E-state index contributed by atoms with van der Waals surface area (Å²) in [5.74, 6) is 0.392. The van der Waals surface area contributed by atoms with E-state index in [1.54, 1.807) is 22.9 Å². The van der Waals surface area contributed by atoms with Crippen LogP contribution in [0.5, 0.6) is 5.75 Å².